The SMILES string of the molecule is O=c1[nH]c2cc(CNc3ccc(N4CCCC(CO)C4)cc3)ncc2cc1F. The van der Waals surface area contributed by atoms with E-state index in [0.29, 0.717) is 23.4 Å². The van der Waals surface area contributed by atoms with Crippen molar-refractivity contribution in [2.45, 2.75) is 19.4 Å². The van der Waals surface area contributed by atoms with Crippen LogP contribution in [-0.4, -0.2) is 34.8 Å². The summed E-state index contributed by atoms with van der Waals surface area (Å²) in [6.07, 6.45) is 3.75. The minimum atomic E-state index is -0.806. The second-order valence-electron chi connectivity index (χ2n) is 7.25. The summed E-state index contributed by atoms with van der Waals surface area (Å²) in [6.45, 7) is 2.64. The van der Waals surface area contributed by atoms with Crippen LogP contribution in [0.4, 0.5) is 15.8 Å². The lowest BCUT2D eigenvalue weighted by atomic mass is 9.98. The van der Waals surface area contributed by atoms with Gasteiger partial charge in [0.1, 0.15) is 0 Å². The summed E-state index contributed by atoms with van der Waals surface area (Å²) in [6, 6.07) is 11.2. The summed E-state index contributed by atoms with van der Waals surface area (Å²) in [5.41, 5.74) is 2.72. The van der Waals surface area contributed by atoms with Crippen LogP contribution in [0.25, 0.3) is 10.9 Å². The van der Waals surface area contributed by atoms with Gasteiger partial charge in [-0.15, -0.1) is 0 Å². The van der Waals surface area contributed by atoms with E-state index in [4.69, 9.17) is 0 Å². The molecule has 3 heterocycles. The van der Waals surface area contributed by atoms with Crippen molar-refractivity contribution < 1.29 is 9.50 Å². The zero-order valence-electron chi connectivity index (χ0n) is 15.5. The average molecular weight is 382 g/mol. The number of hydrogen-bond donors (Lipinski definition) is 3. The molecule has 1 saturated heterocycles. The molecule has 6 nitrogen and oxygen atoms in total. The van der Waals surface area contributed by atoms with E-state index in [9.17, 15) is 14.3 Å². The van der Waals surface area contributed by atoms with Crippen LogP contribution in [0.1, 0.15) is 18.5 Å². The average Bonchev–Trinajstić information content (AvgIpc) is 2.73. The predicted molar refractivity (Wildman–Crippen MR) is 108 cm³/mol. The van der Waals surface area contributed by atoms with Gasteiger partial charge in [-0.2, -0.15) is 0 Å². The summed E-state index contributed by atoms with van der Waals surface area (Å²) in [7, 11) is 0. The van der Waals surface area contributed by atoms with Gasteiger partial charge in [-0.3, -0.25) is 9.78 Å². The second-order valence-corrected chi connectivity index (χ2v) is 7.25. The summed E-state index contributed by atoms with van der Waals surface area (Å²) < 4.78 is 13.3. The Morgan fingerprint density at radius 1 is 1.29 bits per heavy atom. The van der Waals surface area contributed by atoms with Gasteiger partial charge in [0.15, 0.2) is 5.82 Å². The first-order valence-corrected chi connectivity index (χ1v) is 9.49. The molecule has 1 atom stereocenters. The van der Waals surface area contributed by atoms with E-state index in [0.717, 1.165) is 43.0 Å². The number of anilines is 2. The number of nitrogens with one attached hydrogen (secondary N) is 2. The number of aliphatic hydroxyl groups is 1. The van der Waals surface area contributed by atoms with E-state index < -0.39 is 11.4 Å². The highest BCUT2D eigenvalue weighted by molar-refractivity contribution is 5.77. The number of aromatic amines is 1. The molecule has 1 aliphatic heterocycles. The lowest BCUT2D eigenvalue weighted by molar-refractivity contribution is 0.209. The molecule has 0 bridgehead atoms. The number of benzene rings is 1. The van der Waals surface area contributed by atoms with Crippen molar-refractivity contribution in [1.82, 2.24) is 9.97 Å². The minimum absolute atomic E-state index is 0.243. The largest absolute Gasteiger partial charge is 0.396 e. The smallest absolute Gasteiger partial charge is 0.284 e. The van der Waals surface area contributed by atoms with Crippen molar-refractivity contribution in [3.63, 3.8) is 0 Å². The Morgan fingerprint density at radius 3 is 2.89 bits per heavy atom. The van der Waals surface area contributed by atoms with Crippen LogP contribution in [0.2, 0.25) is 0 Å². The first-order valence-electron chi connectivity index (χ1n) is 9.49. The highest BCUT2D eigenvalue weighted by Crippen LogP contribution is 2.24. The molecule has 0 amide bonds. The Balaban J connectivity index is 1.41. The van der Waals surface area contributed by atoms with Crippen LogP contribution in [0.15, 0.2) is 47.4 Å². The molecule has 0 saturated carbocycles. The van der Waals surface area contributed by atoms with Crippen LogP contribution >= 0.6 is 0 Å². The maximum absolute atomic E-state index is 13.3. The molecule has 3 aromatic rings. The fraction of sp³-hybridized carbons (Fsp3) is 0.333. The first kappa shape index (κ1) is 18.4. The number of H-pyrrole nitrogens is 1. The number of halogens is 1. The third kappa shape index (κ3) is 3.99. The van der Waals surface area contributed by atoms with Crippen molar-refractivity contribution in [1.29, 1.82) is 0 Å². The molecule has 4 rings (SSSR count). The van der Waals surface area contributed by atoms with Crippen LogP contribution in [0.5, 0.6) is 0 Å². The number of pyridine rings is 2. The topological polar surface area (TPSA) is 81.2 Å². The summed E-state index contributed by atoms with van der Waals surface area (Å²) in [4.78, 5) is 20.6. The fourth-order valence-corrected chi connectivity index (χ4v) is 3.64. The Hall–Kier alpha value is -2.93. The normalized spacial score (nSPS) is 17.1. The standard InChI is InChI=1S/C21H23FN4O2/c22-19-8-15-10-23-17(9-20(15)25-21(19)28)11-24-16-3-5-18(6-4-16)26-7-1-2-14(12-26)13-27/h3-6,8-10,14,24,27H,1-2,7,11-13H2,(H,25,28). The Labute approximate surface area is 162 Å². The van der Waals surface area contributed by atoms with Gasteiger partial charge in [-0.25, -0.2) is 4.39 Å². The molecule has 28 heavy (non-hydrogen) atoms. The number of aliphatic hydroxyl groups excluding tert-OH is 1. The summed E-state index contributed by atoms with van der Waals surface area (Å²) in [5.74, 6) is -0.454. The van der Waals surface area contributed by atoms with Gasteiger partial charge < -0.3 is 20.3 Å². The Morgan fingerprint density at radius 2 is 2.11 bits per heavy atom. The van der Waals surface area contributed by atoms with Crippen LogP contribution in [-0.2, 0) is 6.54 Å². The van der Waals surface area contributed by atoms with Crippen molar-refractivity contribution in [3.05, 3.63) is 64.5 Å². The van der Waals surface area contributed by atoms with Crippen LogP contribution < -0.4 is 15.8 Å². The predicted octanol–water partition coefficient (Wildman–Crippen LogP) is 2.88. The zero-order valence-corrected chi connectivity index (χ0v) is 15.5. The number of hydrogen-bond acceptors (Lipinski definition) is 5. The van der Waals surface area contributed by atoms with E-state index in [1.54, 1.807) is 12.3 Å². The number of piperidine rings is 1. The molecule has 0 spiro atoms. The summed E-state index contributed by atoms with van der Waals surface area (Å²) in [5, 5.41) is 13.3. The zero-order chi connectivity index (χ0) is 19.5. The molecule has 1 unspecified atom stereocenters. The molecule has 0 aliphatic carbocycles. The third-order valence-electron chi connectivity index (χ3n) is 5.22. The molecule has 1 aromatic carbocycles. The fourth-order valence-electron chi connectivity index (χ4n) is 3.64. The second kappa shape index (κ2) is 7.98. The lowest BCUT2D eigenvalue weighted by Crippen LogP contribution is -2.36. The highest BCUT2D eigenvalue weighted by Gasteiger charge is 2.19. The van der Waals surface area contributed by atoms with Crippen molar-refractivity contribution in [2.75, 3.05) is 29.9 Å². The molecule has 146 valence electrons. The maximum atomic E-state index is 13.3. The number of aromatic nitrogens is 2. The minimum Gasteiger partial charge on any atom is -0.396 e. The quantitative estimate of drug-likeness (QED) is 0.632. The maximum Gasteiger partial charge on any atom is 0.284 e. The Bertz CT molecular complexity index is 1020. The van der Waals surface area contributed by atoms with Gasteiger partial charge in [-0.1, -0.05) is 0 Å². The van der Waals surface area contributed by atoms with E-state index in [1.165, 1.54) is 6.07 Å². The van der Waals surface area contributed by atoms with Crippen molar-refractivity contribution in [3.8, 4) is 0 Å². The van der Waals surface area contributed by atoms with E-state index in [1.807, 2.05) is 12.1 Å². The molecule has 1 aliphatic rings. The monoisotopic (exact) mass is 382 g/mol. The van der Waals surface area contributed by atoms with Gasteiger partial charge in [0, 0.05) is 42.7 Å². The molecule has 7 heteroatoms. The van der Waals surface area contributed by atoms with Gasteiger partial charge in [0.25, 0.3) is 5.56 Å². The van der Waals surface area contributed by atoms with Crippen molar-refractivity contribution in [2.24, 2.45) is 5.92 Å². The number of rotatable bonds is 5. The molecule has 2 aromatic heterocycles. The Kier molecular flexibility index (Phi) is 5.25. The molecule has 3 N–H and O–H groups in total. The lowest BCUT2D eigenvalue weighted by Gasteiger charge is -2.33. The molecule has 1 fully saturated rings. The van der Waals surface area contributed by atoms with E-state index in [-0.39, 0.29) is 6.61 Å². The van der Waals surface area contributed by atoms with Gasteiger partial charge in [0.05, 0.1) is 17.8 Å². The highest BCUT2D eigenvalue weighted by atomic mass is 19.1. The molecular formula is C21H23FN4O2. The molecule has 0 radical (unpaired) electrons. The van der Waals surface area contributed by atoms with Gasteiger partial charge >= 0.3 is 0 Å². The van der Waals surface area contributed by atoms with Gasteiger partial charge in [-0.05, 0) is 55.2 Å². The van der Waals surface area contributed by atoms with E-state index in [2.05, 4.69) is 32.3 Å². The number of fused-ring (bicyclic) bond motifs is 1. The van der Waals surface area contributed by atoms with Crippen molar-refractivity contribution >= 4 is 22.3 Å². The molecular weight excluding hydrogens is 359 g/mol. The van der Waals surface area contributed by atoms with Gasteiger partial charge in [0.2, 0.25) is 0 Å². The summed E-state index contributed by atoms with van der Waals surface area (Å²) >= 11 is 0. The third-order valence-corrected chi connectivity index (χ3v) is 5.22. The first-order chi connectivity index (χ1) is 13.6. The van der Waals surface area contributed by atoms with E-state index >= 15 is 0 Å². The van der Waals surface area contributed by atoms with Crippen LogP contribution in [0, 0.1) is 11.7 Å². The van der Waals surface area contributed by atoms with Crippen LogP contribution in [0.3, 0.4) is 0 Å². The number of nitrogens with zero attached hydrogens (tertiary/aromatic N) is 2.